The third-order valence-electron chi connectivity index (χ3n) is 4.87. The lowest BCUT2D eigenvalue weighted by Gasteiger charge is -2.19. The van der Waals surface area contributed by atoms with Crippen LogP contribution in [0, 0.1) is 5.92 Å². The second-order valence-corrected chi connectivity index (χ2v) is 8.39. The van der Waals surface area contributed by atoms with Crippen LogP contribution in [0.2, 0.25) is 0 Å². The van der Waals surface area contributed by atoms with Gasteiger partial charge in [-0.3, -0.25) is 9.59 Å². The molecule has 1 heterocycles. The molecule has 1 atom stereocenters. The molecular weight excluding hydrogens is 427 g/mol. The van der Waals surface area contributed by atoms with E-state index >= 15 is 0 Å². The first-order chi connectivity index (χ1) is 14.8. The van der Waals surface area contributed by atoms with E-state index in [0.29, 0.717) is 5.56 Å². The highest BCUT2D eigenvalue weighted by molar-refractivity contribution is 8.00. The molecule has 0 spiro atoms. The maximum atomic E-state index is 12.9. The third kappa shape index (κ3) is 5.55. The molecule has 0 bridgehead atoms. The van der Waals surface area contributed by atoms with Gasteiger partial charge in [0.15, 0.2) is 0 Å². The summed E-state index contributed by atoms with van der Waals surface area (Å²) in [5.74, 6) is -0.0238. The van der Waals surface area contributed by atoms with Crippen molar-refractivity contribution in [1.29, 1.82) is 0 Å². The van der Waals surface area contributed by atoms with E-state index in [1.54, 1.807) is 36.4 Å². The summed E-state index contributed by atoms with van der Waals surface area (Å²) in [4.78, 5) is 31.9. The number of halogens is 3. The fourth-order valence-electron chi connectivity index (χ4n) is 3.30. The number of hydrogen-bond donors (Lipinski definition) is 2. The van der Waals surface area contributed by atoms with Crippen molar-refractivity contribution in [3.63, 3.8) is 0 Å². The first-order valence-electron chi connectivity index (χ1n) is 9.62. The van der Waals surface area contributed by atoms with Crippen LogP contribution in [0.1, 0.15) is 34.9 Å². The highest BCUT2D eigenvalue weighted by Gasteiger charge is 2.34. The van der Waals surface area contributed by atoms with Crippen molar-refractivity contribution >= 4 is 17.7 Å². The molecule has 3 aromatic rings. The molecule has 160 valence electrons. The second-order valence-electron chi connectivity index (χ2n) is 7.25. The van der Waals surface area contributed by atoms with Gasteiger partial charge in [0.2, 0.25) is 0 Å². The summed E-state index contributed by atoms with van der Waals surface area (Å²) >= 11 is -0.178. The Morgan fingerprint density at radius 3 is 2.39 bits per heavy atom. The number of aromatic amines is 1. The largest absolute Gasteiger partial charge is 0.446 e. The molecule has 1 aliphatic carbocycles. The van der Waals surface area contributed by atoms with Crippen molar-refractivity contribution in [3.8, 4) is 11.4 Å². The molecule has 31 heavy (non-hydrogen) atoms. The Balaban J connectivity index is 1.55. The first-order valence-corrected chi connectivity index (χ1v) is 10.4. The summed E-state index contributed by atoms with van der Waals surface area (Å²) in [6, 6.07) is 15.7. The number of aromatic nitrogens is 2. The predicted molar refractivity (Wildman–Crippen MR) is 112 cm³/mol. The molecule has 1 aromatic heterocycles. The highest BCUT2D eigenvalue weighted by Crippen LogP contribution is 2.42. The lowest BCUT2D eigenvalue weighted by Crippen LogP contribution is -2.31. The van der Waals surface area contributed by atoms with Crippen LogP contribution < -0.4 is 10.9 Å². The topological polar surface area (TPSA) is 74.8 Å². The molecule has 9 heteroatoms. The zero-order valence-electron chi connectivity index (χ0n) is 16.1. The maximum absolute atomic E-state index is 12.9. The average molecular weight is 445 g/mol. The van der Waals surface area contributed by atoms with Gasteiger partial charge >= 0.3 is 5.51 Å². The van der Waals surface area contributed by atoms with Crippen molar-refractivity contribution in [2.75, 3.05) is 0 Å². The van der Waals surface area contributed by atoms with Gasteiger partial charge in [0.1, 0.15) is 11.5 Å². The Hall–Kier alpha value is -3.07. The first kappa shape index (κ1) is 21.2. The second kappa shape index (κ2) is 8.58. The SMILES string of the molecule is O=C(NC(c1ccc(SC(F)(F)F)cc1)C1CC1)c1cc(=O)[nH]c(-c2ccccc2)n1. The zero-order chi connectivity index (χ0) is 22.0. The van der Waals surface area contributed by atoms with Gasteiger partial charge in [-0.05, 0) is 48.2 Å². The van der Waals surface area contributed by atoms with Gasteiger partial charge in [0, 0.05) is 16.5 Å². The molecule has 4 rings (SSSR count). The molecule has 5 nitrogen and oxygen atoms in total. The Kier molecular flexibility index (Phi) is 5.86. The van der Waals surface area contributed by atoms with E-state index in [9.17, 15) is 22.8 Å². The van der Waals surface area contributed by atoms with Gasteiger partial charge in [0.25, 0.3) is 11.5 Å². The summed E-state index contributed by atoms with van der Waals surface area (Å²) in [6.45, 7) is 0. The molecule has 0 radical (unpaired) electrons. The van der Waals surface area contributed by atoms with E-state index in [0.717, 1.165) is 24.5 Å². The zero-order valence-corrected chi connectivity index (χ0v) is 17.0. The van der Waals surface area contributed by atoms with Crippen LogP contribution in [0.3, 0.4) is 0 Å². The number of nitrogens with zero attached hydrogens (tertiary/aromatic N) is 1. The number of H-pyrrole nitrogens is 1. The normalized spacial score (nSPS) is 14.8. The molecule has 2 aromatic carbocycles. The van der Waals surface area contributed by atoms with E-state index in [1.807, 2.05) is 6.07 Å². The van der Waals surface area contributed by atoms with E-state index < -0.39 is 17.0 Å². The summed E-state index contributed by atoms with van der Waals surface area (Å²) in [5.41, 5.74) is -3.43. The number of alkyl halides is 3. The summed E-state index contributed by atoms with van der Waals surface area (Å²) < 4.78 is 37.7. The fourth-order valence-corrected chi connectivity index (χ4v) is 3.84. The van der Waals surface area contributed by atoms with Crippen LogP contribution >= 0.6 is 11.8 Å². The molecule has 1 amide bonds. The van der Waals surface area contributed by atoms with Gasteiger partial charge < -0.3 is 10.3 Å². The number of benzene rings is 2. The van der Waals surface area contributed by atoms with Crippen LogP contribution in [0.4, 0.5) is 13.2 Å². The quantitative estimate of drug-likeness (QED) is 0.528. The number of rotatable bonds is 6. The number of amides is 1. The van der Waals surface area contributed by atoms with E-state index in [1.165, 1.54) is 12.1 Å². The van der Waals surface area contributed by atoms with Crippen molar-refractivity contribution < 1.29 is 18.0 Å². The minimum absolute atomic E-state index is 0.0162. The predicted octanol–water partition coefficient (Wildman–Crippen LogP) is 4.93. The Bertz CT molecular complexity index is 1130. The van der Waals surface area contributed by atoms with Crippen LogP contribution in [0.5, 0.6) is 0 Å². The molecule has 2 N–H and O–H groups in total. The van der Waals surface area contributed by atoms with E-state index in [-0.39, 0.29) is 40.1 Å². The molecule has 0 saturated heterocycles. The molecule has 0 aliphatic heterocycles. The van der Waals surface area contributed by atoms with Crippen LogP contribution in [-0.4, -0.2) is 21.4 Å². The van der Waals surface area contributed by atoms with Crippen LogP contribution in [0.15, 0.2) is 70.4 Å². The summed E-state index contributed by atoms with van der Waals surface area (Å²) in [7, 11) is 0. The minimum Gasteiger partial charge on any atom is -0.344 e. The smallest absolute Gasteiger partial charge is 0.344 e. The minimum atomic E-state index is -4.35. The van der Waals surface area contributed by atoms with Gasteiger partial charge in [0.05, 0.1) is 6.04 Å². The van der Waals surface area contributed by atoms with E-state index in [4.69, 9.17) is 0 Å². The number of thioether (sulfide) groups is 1. The van der Waals surface area contributed by atoms with Crippen LogP contribution in [0.25, 0.3) is 11.4 Å². The van der Waals surface area contributed by atoms with Gasteiger partial charge in [-0.15, -0.1) is 0 Å². The van der Waals surface area contributed by atoms with Crippen LogP contribution in [-0.2, 0) is 0 Å². The van der Waals surface area contributed by atoms with Crippen molar-refractivity contribution in [2.24, 2.45) is 5.92 Å². The monoisotopic (exact) mass is 445 g/mol. The molecular formula is C22H18F3N3O2S. The van der Waals surface area contributed by atoms with Crippen molar-refractivity contribution in [2.45, 2.75) is 29.3 Å². The molecule has 1 unspecified atom stereocenters. The third-order valence-corrected chi connectivity index (χ3v) is 5.61. The number of carbonyl (C=O) groups excluding carboxylic acids is 1. The number of hydrogen-bond acceptors (Lipinski definition) is 4. The van der Waals surface area contributed by atoms with Gasteiger partial charge in [-0.1, -0.05) is 42.5 Å². The Labute approximate surface area is 180 Å². The number of nitrogens with one attached hydrogen (secondary N) is 2. The van der Waals surface area contributed by atoms with Gasteiger partial charge in [-0.25, -0.2) is 4.98 Å². The van der Waals surface area contributed by atoms with Crippen molar-refractivity contribution in [1.82, 2.24) is 15.3 Å². The maximum Gasteiger partial charge on any atom is 0.446 e. The molecule has 1 saturated carbocycles. The molecule has 1 aliphatic rings. The Morgan fingerprint density at radius 1 is 1.10 bits per heavy atom. The molecule has 1 fully saturated rings. The summed E-state index contributed by atoms with van der Waals surface area (Å²) in [5, 5.41) is 2.90. The summed E-state index contributed by atoms with van der Waals surface area (Å²) in [6.07, 6.45) is 1.81. The fraction of sp³-hybridized carbons (Fsp3) is 0.227. The van der Waals surface area contributed by atoms with Crippen molar-refractivity contribution in [3.05, 3.63) is 82.3 Å². The van der Waals surface area contributed by atoms with E-state index in [2.05, 4.69) is 15.3 Å². The lowest BCUT2D eigenvalue weighted by molar-refractivity contribution is -0.0328. The van der Waals surface area contributed by atoms with Gasteiger partial charge in [-0.2, -0.15) is 13.2 Å². The number of carbonyl (C=O) groups is 1. The average Bonchev–Trinajstić information content (AvgIpc) is 3.57. The highest BCUT2D eigenvalue weighted by atomic mass is 32.2. The standard InChI is InChI=1S/C22H18F3N3O2S/c23-22(24,25)31-16-10-8-14(9-11-16)19(13-6-7-13)28-21(30)17-12-18(29)27-20(26-17)15-4-2-1-3-5-15/h1-5,8-13,19H,6-7H2,(H,28,30)(H,26,27,29). The lowest BCUT2D eigenvalue weighted by atomic mass is 10.0. The Morgan fingerprint density at radius 2 is 1.77 bits per heavy atom.